The van der Waals surface area contributed by atoms with Crippen molar-refractivity contribution in [2.24, 2.45) is 24.1 Å². The summed E-state index contributed by atoms with van der Waals surface area (Å²) in [5.74, 6) is 0.201. The van der Waals surface area contributed by atoms with Gasteiger partial charge in [0.05, 0.1) is 5.69 Å². The van der Waals surface area contributed by atoms with Gasteiger partial charge in [0.1, 0.15) is 5.69 Å². The van der Waals surface area contributed by atoms with E-state index in [0.717, 1.165) is 28.9 Å². The molecular formula is C19H24N4O. The Bertz CT molecular complexity index is 897. The maximum Gasteiger partial charge on any atom is 0.218 e. The molecule has 0 bridgehead atoms. The first kappa shape index (κ1) is 16.3. The maximum absolute atomic E-state index is 10.4. The van der Waals surface area contributed by atoms with Crippen LogP contribution in [0.25, 0.3) is 11.6 Å². The first-order valence-corrected chi connectivity index (χ1v) is 8.33. The van der Waals surface area contributed by atoms with Gasteiger partial charge in [0.25, 0.3) is 0 Å². The highest BCUT2D eigenvalue weighted by Gasteiger charge is 2.16. The predicted octanol–water partition coefficient (Wildman–Crippen LogP) is 3.20. The smallest absolute Gasteiger partial charge is 0.218 e. The lowest BCUT2D eigenvalue weighted by molar-refractivity contribution is 0.427. The van der Waals surface area contributed by atoms with Crippen molar-refractivity contribution in [1.82, 2.24) is 9.13 Å². The lowest BCUT2D eigenvalue weighted by Gasteiger charge is -2.04. The van der Waals surface area contributed by atoms with Gasteiger partial charge in [0, 0.05) is 38.5 Å². The number of aliphatic imine (C=N–C) groups is 1. The van der Waals surface area contributed by atoms with Crippen LogP contribution in [0, 0.1) is 0 Å². The number of allylic oxidation sites excluding steroid dienone is 1. The number of nitrogens with zero attached hydrogens (tertiary/aromatic N) is 4. The molecule has 0 amide bonds. The molecule has 2 aromatic rings. The largest absolute Gasteiger partial charge is 0.493 e. The van der Waals surface area contributed by atoms with E-state index in [1.54, 1.807) is 18.7 Å². The Morgan fingerprint density at radius 1 is 1.25 bits per heavy atom. The first-order valence-electron chi connectivity index (χ1n) is 8.33. The molecule has 5 nitrogen and oxygen atoms in total. The van der Waals surface area contributed by atoms with Crippen molar-refractivity contribution in [2.45, 2.75) is 26.2 Å². The van der Waals surface area contributed by atoms with Gasteiger partial charge in [-0.15, -0.1) is 0 Å². The fourth-order valence-electron chi connectivity index (χ4n) is 3.15. The van der Waals surface area contributed by atoms with Gasteiger partial charge in [-0.3, -0.25) is 14.6 Å². The maximum atomic E-state index is 10.4. The molecule has 0 fully saturated rings. The molecule has 1 aromatic carbocycles. The number of hydrogen-bond donors (Lipinski definition) is 1. The molecule has 3 rings (SSSR count). The summed E-state index contributed by atoms with van der Waals surface area (Å²) in [4.78, 5) is 8.75. The van der Waals surface area contributed by atoms with E-state index in [1.807, 2.05) is 23.9 Å². The van der Waals surface area contributed by atoms with E-state index in [2.05, 4.69) is 35.1 Å². The molecule has 24 heavy (non-hydrogen) atoms. The Hall–Kier alpha value is -2.56. The molecule has 2 heterocycles. The standard InChI is InChI=1S/C19H24N4O/c1-5-6-7-13-8-9-15-14(12-21-16(15)10-13)11-17-18(24)23(4)19(20-2)22(17)3/h8-12,24H,5-7H2,1-4H3. The van der Waals surface area contributed by atoms with E-state index < -0.39 is 0 Å². The molecule has 0 saturated heterocycles. The summed E-state index contributed by atoms with van der Waals surface area (Å²) in [5, 5.41) is 10.4. The Labute approximate surface area is 142 Å². The number of fused-ring (bicyclic) bond motifs is 1. The molecule has 0 unspecified atom stereocenters. The van der Waals surface area contributed by atoms with Crippen LogP contribution in [-0.4, -0.2) is 27.5 Å². The molecule has 126 valence electrons. The summed E-state index contributed by atoms with van der Waals surface area (Å²) in [7, 11) is 5.42. The molecule has 0 radical (unpaired) electrons. The van der Waals surface area contributed by atoms with Gasteiger partial charge in [-0.05, 0) is 30.5 Å². The molecular weight excluding hydrogens is 300 g/mol. The number of aromatic hydroxyl groups is 1. The summed E-state index contributed by atoms with van der Waals surface area (Å²) in [6.45, 7) is 2.20. The molecule has 0 spiro atoms. The van der Waals surface area contributed by atoms with Crippen LogP contribution in [0.1, 0.15) is 36.6 Å². The summed E-state index contributed by atoms with van der Waals surface area (Å²) in [6.07, 6.45) is 7.31. The van der Waals surface area contributed by atoms with E-state index in [0.29, 0.717) is 5.62 Å². The molecule has 1 aliphatic heterocycles. The number of hydrogen-bond acceptors (Lipinski definition) is 3. The van der Waals surface area contributed by atoms with Gasteiger partial charge < -0.3 is 9.67 Å². The lowest BCUT2D eigenvalue weighted by atomic mass is 10.0. The van der Waals surface area contributed by atoms with Gasteiger partial charge in [-0.25, -0.2) is 0 Å². The molecule has 0 saturated carbocycles. The molecule has 0 atom stereocenters. The second-order valence-corrected chi connectivity index (χ2v) is 6.16. The zero-order valence-electron chi connectivity index (χ0n) is 14.7. The van der Waals surface area contributed by atoms with Crippen LogP contribution in [0.3, 0.4) is 0 Å². The minimum absolute atomic E-state index is 0.201. The third-order valence-electron chi connectivity index (χ3n) is 4.54. The van der Waals surface area contributed by atoms with Crippen LogP contribution < -0.4 is 5.62 Å². The van der Waals surface area contributed by atoms with Gasteiger partial charge in [-0.1, -0.05) is 25.5 Å². The van der Waals surface area contributed by atoms with Gasteiger partial charge in [0.15, 0.2) is 0 Å². The Kier molecular flexibility index (Phi) is 4.42. The van der Waals surface area contributed by atoms with Crippen molar-refractivity contribution in [3.8, 4) is 5.88 Å². The lowest BCUT2D eigenvalue weighted by Crippen LogP contribution is -2.22. The van der Waals surface area contributed by atoms with Crippen LogP contribution >= 0.6 is 0 Å². The van der Waals surface area contributed by atoms with Crippen molar-refractivity contribution in [1.29, 1.82) is 0 Å². The summed E-state index contributed by atoms with van der Waals surface area (Å²) in [6, 6.07) is 6.47. The van der Waals surface area contributed by atoms with Crippen LogP contribution in [0.4, 0.5) is 5.69 Å². The number of benzene rings is 1. The van der Waals surface area contributed by atoms with Crippen LogP contribution in [-0.2, 0) is 20.5 Å². The minimum atomic E-state index is 0.201. The highest BCUT2D eigenvalue weighted by molar-refractivity contribution is 6.21. The zero-order chi connectivity index (χ0) is 17.3. The minimum Gasteiger partial charge on any atom is -0.493 e. The molecule has 5 heteroatoms. The quantitative estimate of drug-likeness (QED) is 0.922. The van der Waals surface area contributed by atoms with E-state index in [1.165, 1.54) is 18.4 Å². The second kappa shape index (κ2) is 6.51. The average molecular weight is 324 g/mol. The monoisotopic (exact) mass is 324 g/mol. The van der Waals surface area contributed by atoms with Crippen molar-refractivity contribution in [3.05, 3.63) is 40.6 Å². The van der Waals surface area contributed by atoms with E-state index in [9.17, 15) is 5.11 Å². The average Bonchev–Trinajstić information content (AvgIpc) is 3.07. The highest BCUT2D eigenvalue weighted by atomic mass is 16.3. The number of rotatable bonds is 4. The van der Waals surface area contributed by atoms with E-state index in [-0.39, 0.29) is 5.88 Å². The third-order valence-corrected chi connectivity index (χ3v) is 4.54. The van der Waals surface area contributed by atoms with Crippen LogP contribution in [0.15, 0.2) is 28.2 Å². The van der Waals surface area contributed by atoms with Gasteiger partial charge in [0.2, 0.25) is 11.5 Å². The Morgan fingerprint density at radius 3 is 2.71 bits per heavy atom. The Morgan fingerprint density at radius 2 is 2.04 bits per heavy atom. The normalized spacial score (nSPS) is 15.5. The van der Waals surface area contributed by atoms with Gasteiger partial charge in [-0.2, -0.15) is 0 Å². The van der Waals surface area contributed by atoms with E-state index in [4.69, 9.17) is 0 Å². The first-order chi connectivity index (χ1) is 11.6. The van der Waals surface area contributed by atoms with Crippen molar-refractivity contribution in [3.63, 3.8) is 0 Å². The fraction of sp³-hybridized carbons (Fsp3) is 0.368. The molecule has 0 aliphatic carbocycles. The number of unbranched alkanes of at least 4 members (excludes halogenated alkanes) is 1. The summed E-state index contributed by atoms with van der Waals surface area (Å²) < 4.78 is 3.55. The molecule has 1 aromatic heterocycles. The fourth-order valence-corrected chi connectivity index (χ4v) is 3.15. The number of aryl methyl sites for hydroxylation is 1. The number of imidazole rings is 1. The Balaban J connectivity index is 2.01. The number of aromatic nitrogens is 2. The SMILES string of the molecule is CCCCc1ccc2c(c1)N=CC2=Cc1c(O)n(C)c(=NC)n1C. The third kappa shape index (κ3) is 2.70. The highest BCUT2D eigenvalue weighted by Crippen LogP contribution is 2.34. The molecule has 1 N–H and O–H groups in total. The second-order valence-electron chi connectivity index (χ2n) is 6.16. The van der Waals surface area contributed by atoms with Crippen LogP contribution in [0.2, 0.25) is 0 Å². The zero-order valence-corrected chi connectivity index (χ0v) is 14.7. The predicted molar refractivity (Wildman–Crippen MR) is 98.6 cm³/mol. The van der Waals surface area contributed by atoms with Crippen LogP contribution in [0.5, 0.6) is 5.88 Å². The summed E-state index contributed by atoms with van der Waals surface area (Å²) in [5.41, 5.74) is 5.88. The molecule has 1 aliphatic rings. The van der Waals surface area contributed by atoms with Crippen molar-refractivity contribution in [2.75, 3.05) is 7.05 Å². The van der Waals surface area contributed by atoms with Crippen molar-refractivity contribution < 1.29 is 5.11 Å². The van der Waals surface area contributed by atoms with Gasteiger partial charge >= 0.3 is 0 Å². The van der Waals surface area contributed by atoms with Crippen molar-refractivity contribution >= 4 is 23.6 Å². The topological polar surface area (TPSA) is 54.8 Å². The van der Waals surface area contributed by atoms with E-state index >= 15 is 0 Å². The summed E-state index contributed by atoms with van der Waals surface area (Å²) >= 11 is 0.